The van der Waals surface area contributed by atoms with E-state index in [2.05, 4.69) is 26.3 Å². The van der Waals surface area contributed by atoms with E-state index in [0.29, 0.717) is 11.8 Å². The first-order valence-electron chi connectivity index (χ1n) is 9.02. The molecular weight excluding hydrogens is 378 g/mol. The van der Waals surface area contributed by atoms with Crippen LogP contribution in [0, 0.1) is 0 Å². The number of fused-ring (bicyclic) bond motifs is 1. The summed E-state index contributed by atoms with van der Waals surface area (Å²) >= 11 is 1.70. The Hall–Kier alpha value is -2.78. The number of para-hydroxylation sites is 1. The molecule has 1 aromatic carbocycles. The lowest BCUT2D eigenvalue weighted by Gasteiger charge is -2.21. The normalized spacial score (nSPS) is 17.0. The van der Waals surface area contributed by atoms with Gasteiger partial charge in [-0.25, -0.2) is 4.98 Å². The smallest absolute Gasteiger partial charge is 0.240 e. The quantitative estimate of drug-likeness (QED) is 0.682. The lowest BCUT2D eigenvalue weighted by atomic mass is 10.2. The van der Waals surface area contributed by atoms with Crippen molar-refractivity contribution >= 4 is 33.4 Å². The van der Waals surface area contributed by atoms with Gasteiger partial charge in [0.05, 0.1) is 43.1 Å². The number of aromatic nitrogens is 3. The second-order valence-electron chi connectivity index (χ2n) is 6.47. The maximum Gasteiger partial charge on any atom is 0.240 e. The number of methoxy groups -OCH3 is 2. The number of rotatable bonds is 6. The van der Waals surface area contributed by atoms with Crippen LogP contribution in [0.1, 0.15) is 23.9 Å². The Morgan fingerprint density at radius 3 is 2.68 bits per heavy atom. The van der Waals surface area contributed by atoms with E-state index in [4.69, 9.17) is 14.5 Å². The summed E-state index contributed by atoms with van der Waals surface area (Å²) < 4.78 is 11.4. The maximum absolute atomic E-state index is 12.6. The van der Waals surface area contributed by atoms with Gasteiger partial charge in [-0.3, -0.25) is 15.0 Å². The van der Waals surface area contributed by atoms with Crippen molar-refractivity contribution in [2.24, 2.45) is 0 Å². The number of anilines is 1. The van der Waals surface area contributed by atoms with Gasteiger partial charge in [0.25, 0.3) is 0 Å². The van der Waals surface area contributed by atoms with Gasteiger partial charge >= 0.3 is 0 Å². The van der Waals surface area contributed by atoms with Crippen molar-refractivity contribution in [2.45, 2.75) is 18.9 Å². The van der Waals surface area contributed by atoms with Crippen LogP contribution in [0.5, 0.6) is 11.8 Å². The Morgan fingerprint density at radius 2 is 1.96 bits per heavy atom. The fraction of sp³-hybridized carbons (Fsp3) is 0.368. The molecule has 0 saturated carbocycles. The molecule has 1 aliphatic heterocycles. The number of benzene rings is 1. The first-order chi connectivity index (χ1) is 13.7. The van der Waals surface area contributed by atoms with Crippen LogP contribution in [0.25, 0.3) is 10.2 Å². The fourth-order valence-electron chi connectivity index (χ4n) is 3.35. The summed E-state index contributed by atoms with van der Waals surface area (Å²) in [6, 6.07) is 9.83. The largest absolute Gasteiger partial charge is 0.481 e. The van der Waals surface area contributed by atoms with Gasteiger partial charge in [0.2, 0.25) is 23.6 Å². The van der Waals surface area contributed by atoms with Crippen LogP contribution in [-0.4, -0.2) is 53.1 Å². The maximum atomic E-state index is 12.6. The molecule has 4 rings (SSSR count). The van der Waals surface area contributed by atoms with Gasteiger partial charge < -0.3 is 9.47 Å². The zero-order valence-electron chi connectivity index (χ0n) is 15.7. The molecule has 0 bridgehead atoms. The van der Waals surface area contributed by atoms with E-state index in [1.165, 1.54) is 18.9 Å². The minimum absolute atomic E-state index is 0.156. The van der Waals surface area contributed by atoms with Crippen molar-refractivity contribution in [3.8, 4) is 11.8 Å². The minimum Gasteiger partial charge on any atom is -0.481 e. The van der Waals surface area contributed by atoms with Crippen LogP contribution in [0.4, 0.5) is 5.95 Å². The second-order valence-corrected chi connectivity index (χ2v) is 7.54. The van der Waals surface area contributed by atoms with Gasteiger partial charge in [-0.1, -0.05) is 12.1 Å². The zero-order valence-corrected chi connectivity index (χ0v) is 16.5. The highest BCUT2D eigenvalue weighted by molar-refractivity contribution is 7.18. The monoisotopic (exact) mass is 399 g/mol. The molecule has 1 fully saturated rings. The number of carbonyl (C=O) groups is 1. The summed E-state index contributed by atoms with van der Waals surface area (Å²) in [5.41, 5.74) is 1.01. The second kappa shape index (κ2) is 8.07. The molecule has 0 aliphatic carbocycles. The van der Waals surface area contributed by atoms with Crippen LogP contribution in [-0.2, 0) is 4.79 Å². The summed E-state index contributed by atoms with van der Waals surface area (Å²) in [6.07, 6.45) is 2.04. The van der Waals surface area contributed by atoms with E-state index in [-0.39, 0.29) is 24.4 Å². The van der Waals surface area contributed by atoms with Crippen LogP contribution < -0.4 is 14.8 Å². The summed E-state index contributed by atoms with van der Waals surface area (Å²) in [6.45, 7) is 1.11. The molecule has 1 unspecified atom stereocenters. The molecule has 0 radical (unpaired) electrons. The number of hydrogen-bond donors (Lipinski definition) is 1. The molecule has 1 amide bonds. The molecule has 2 aromatic heterocycles. The highest BCUT2D eigenvalue weighted by Gasteiger charge is 2.30. The Balaban J connectivity index is 1.46. The van der Waals surface area contributed by atoms with Crippen molar-refractivity contribution in [1.29, 1.82) is 0 Å². The predicted octanol–water partition coefficient (Wildman–Crippen LogP) is 2.88. The number of amides is 1. The molecule has 0 spiro atoms. The first kappa shape index (κ1) is 18.6. The fourth-order valence-corrected chi connectivity index (χ4v) is 4.48. The molecule has 28 heavy (non-hydrogen) atoms. The molecule has 1 aliphatic rings. The Labute approximate surface area is 166 Å². The number of thiazole rings is 1. The predicted molar refractivity (Wildman–Crippen MR) is 107 cm³/mol. The number of likely N-dealkylation sites (tertiary alicyclic amines) is 1. The molecule has 1 atom stereocenters. The summed E-state index contributed by atoms with van der Waals surface area (Å²) in [5.74, 6) is 0.645. The van der Waals surface area contributed by atoms with E-state index in [1.54, 1.807) is 17.4 Å². The minimum atomic E-state index is -0.177. The Morgan fingerprint density at radius 1 is 1.21 bits per heavy atom. The van der Waals surface area contributed by atoms with Gasteiger partial charge in [-0.15, -0.1) is 11.3 Å². The first-order valence-corrected chi connectivity index (χ1v) is 9.84. The van der Waals surface area contributed by atoms with Crippen LogP contribution in [0.15, 0.2) is 30.3 Å². The average molecular weight is 399 g/mol. The Bertz CT molecular complexity index is 937. The molecule has 8 nitrogen and oxygen atoms in total. The van der Waals surface area contributed by atoms with E-state index < -0.39 is 0 Å². The van der Waals surface area contributed by atoms with Gasteiger partial charge in [-0.05, 0) is 31.5 Å². The van der Waals surface area contributed by atoms with Crippen molar-refractivity contribution < 1.29 is 14.3 Å². The van der Waals surface area contributed by atoms with Crippen molar-refractivity contribution in [3.63, 3.8) is 0 Å². The van der Waals surface area contributed by atoms with Crippen LogP contribution in [0.3, 0.4) is 0 Å². The highest BCUT2D eigenvalue weighted by atomic mass is 32.1. The molecule has 3 heterocycles. The highest BCUT2D eigenvalue weighted by Crippen LogP contribution is 2.36. The number of nitrogens with one attached hydrogen (secondary N) is 1. The third kappa shape index (κ3) is 3.90. The number of hydrogen-bond acceptors (Lipinski definition) is 8. The van der Waals surface area contributed by atoms with Crippen molar-refractivity contribution in [2.75, 3.05) is 32.6 Å². The van der Waals surface area contributed by atoms with Crippen molar-refractivity contribution in [1.82, 2.24) is 19.9 Å². The molecule has 1 N–H and O–H groups in total. The molecule has 1 saturated heterocycles. The third-order valence-electron chi connectivity index (χ3n) is 4.65. The van der Waals surface area contributed by atoms with E-state index in [0.717, 1.165) is 29.9 Å². The summed E-state index contributed by atoms with van der Waals surface area (Å²) in [4.78, 5) is 27.8. The number of ether oxygens (including phenoxy) is 2. The van der Waals surface area contributed by atoms with Crippen molar-refractivity contribution in [3.05, 3.63) is 35.3 Å². The Kier molecular flexibility index (Phi) is 5.36. The number of nitrogens with zero attached hydrogens (tertiary/aromatic N) is 4. The standard InChI is InChI=1S/C19H21N5O3S/c1-26-16-10-17(27-2)23-19(22-16)21-15(25)11-24-9-5-7-13(24)18-20-12-6-3-4-8-14(12)28-18/h3-4,6,8,10,13H,5,7,9,11H2,1-2H3,(H,21,22,23,25). The molecule has 3 aromatic rings. The topological polar surface area (TPSA) is 89.5 Å². The summed E-state index contributed by atoms with van der Waals surface area (Å²) in [5, 5.41) is 3.80. The van der Waals surface area contributed by atoms with Gasteiger partial charge in [0.1, 0.15) is 5.01 Å². The average Bonchev–Trinajstić information content (AvgIpc) is 3.33. The third-order valence-corrected chi connectivity index (χ3v) is 5.79. The number of carbonyl (C=O) groups excluding carboxylic acids is 1. The summed E-state index contributed by atoms with van der Waals surface area (Å²) in [7, 11) is 3.00. The molecule has 146 valence electrons. The van der Waals surface area contributed by atoms with Crippen LogP contribution in [0.2, 0.25) is 0 Å². The lowest BCUT2D eigenvalue weighted by Crippen LogP contribution is -2.33. The molecule has 9 heteroatoms. The van der Waals surface area contributed by atoms with Gasteiger partial charge in [-0.2, -0.15) is 9.97 Å². The van der Waals surface area contributed by atoms with E-state index in [1.807, 2.05) is 18.2 Å². The van der Waals surface area contributed by atoms with Crippen LogP contribution >= 0.6 is 11.3 Å². The van der Waals surface area contributed by atoms with E-state index in [9.17, 15) is 4.79 Å². The van der Waals surface area contributed by atoms with E-state index >= 15 is 0 Å². The zero-order chi connectivity index (χ0) is 19.5. The molecular formula is C19H21N5O3S. The lowest BCUT2D eigenvalue weighted by molar-refractivity contribution is -0.117. The van der Waals surface area contributed by atoms with Gasteiger partial charge in [0.15, 0.2) is 0 Å². The SMILES string of the molecule is COc1cc(OC)nc(NC(=O)CN2CCCC2c2nc3ccccc3s2)n1. The van der Waals surface area contributed by atoms with Gasteiger partial charge in [0, 0.05) is 0 Å².